The van der Waals surface area contributed by atoms with Crippen molar-refractivity contribution < 1.29 is 4.79 Å². The molecule has 0 saturated carbocycles. The highest BCUT2D eigenvalue weighted by Gasteiger charge is 2.18. The molecule has 0 aliphatic heterocycles. The lowest BCUT2D eigenvalue weighted by Gasteiger charge is -2.08. The van der Waals surface area contributed by atoms with Crippen molar-refractivity contribution in [2.75, 3.05) is 5.32 Å². The topological polar surface area (TPSA) is 67.8 Å². The first kappa shape index (κ1) is 16.6. The first-order chi connectivity index (χ1) is 12.6. The summed E-state index contributed by atoms with van der Waals surface area (Å²) < 4.78 is 0. The van der Waals surface area contributed by atoms with Crippen molar-refractivity contribution in [3.63, 3.8) is 0 Å². The van der Waals surface area contributed by atoms with E-state index in [4.69, 9.17) is 11.6 Å². The molecule has 3 heterocycles. The zero-order chi connectivity index (χ0) is 18.1. The average Bonchev–Trinajstić information content (AvgIpc) is 3.07. The fraction of sp³-hybridized carbons (Fsp3) is 0.0526. The molecule has 0 spiro atoms. The third-order valence-corrected chi connectivity index (χ3v) is 5.34. The molecule has 0 aliphatic carbocycles. The van der Waals surface area contributed by atoms with Crippen LogP contribution in [0.5, 0.6) is 0 Å². The molecule has 1 aromatic carbocycles. The van der Waals surface area contributed by atoms with E-state index in [1.807, 2.05) is 37.3 Å². The standard InChI is InChI=1S/C19H13ClN4OS/c1-11-17(26-19(23-11)15-6-2-3-9-21-15)18(25)24-14-8-7-13(20)16-12(14)5-4-10-22-16/h2-10H,1H3,(H,24,25). The summed E-state index contributed by atoms with van der Waals surface area (Å²) in [7, 11) is 0. The molecule has 4 aromatic rings. The molecular formula is C19H13ClN4OS. The molecule has 128 valence electrons. The van der Waals surface area contributed by atoms with Gasteiger partial charge in [-0.3, -0.25) is 14.8 Å². The Hall–Kier alpha value is -2.83. The number of hydrogen-bond acceptors (Lipinski definition) is 5. The Morgan fingerprint density at radius 1 is 1.08 bits per heavy atom. The molecule has 4 rings (SSSR count). The molecule has 7 heteroatoms. The van der Waals surface area contributed by atoms with Gasteiger partial charge in [0, 0.05) is 17.8 Å². The molecule has 5 nitrogen and oxygen atoms in total. The van der Waals surface area contributed by atoms with E-state index in [-0.39, 0.29) is 5.91 Å². The van der Waals surface area contributed by atoms with Gasteiger partial charge in [-0.15, -0.1) is 11.3 Å². The highest BCUT2D eigenvalue weighted by atomic mass is 35.5. The molecule has 0 saturated heterocycles. The average molecular weight is 381 g/mol. The van der Waals surface area contributed by atoms with E-state index < -0.39 is 0 Å². The number of amides is 1. The Balaban J connectivity index is 1.68. The van der Waals surface area contributed by atoms with Crippen LogP contribution in [0.25, 0.3) is 21.6 Å². The molecule has 1 N–H and O–H groups in total. The van der Waals surface area contributed by atoms with Gasteiger partial charge in [-0.05, 0) is 43.3 Å². The summed E-state index contributed by atoms with van der Waals surface area (Å²) in [4.78, 5) is 26.4. The van der Waals surface area contributed by atoms with Gasteiger partial charge in [0.15, 0.2) is 0 Å². The van der Waals surface area contributed by atoms with Gasteiger partial charge in [-0.25, -0.2) is 4.98 Å². The first-order valence-corrected chi connectivity index (χ1v) is 9.06. The van der Waals surface area contributed by atoms with Gasteiger partial charge in [0.05, 0.1) is 27.6 Å². The second-order valence-corrected chi connectivity index (χ2v) is 7.00. The van der Waals surface area contributed by atoms with Crippen LogP contribution in [0.1, 0.15) is 15.4 Å². The van der Waals surface area contributed by atoms with Crippen LogP contribution in [0, 0.1) is 6.92 Å². The van der Waals surface area contributed by atoms with Crippen molar-refractivity contribution in [3.05, 3.63) is 70.5 Å². The SMILES string of the molecule is Cc1nc(-c2ccccn2)sc1C(=O)Nc1ccc(Cl)c2ncccc12. The van der Waals surface area contributed by atoms with Crippen LogP contribution in [-0.4, -0.2) is 20.9 Å². The Morgan fingerprint density at radius 3 is 2.73 bits per heavy atom. The fourth-order valence-corrected chi connectivity index (χ4v) is 3.78. The lowest BCUT2D eigenvalue weighted by Crippen LogP contribution is -2.12. The molecular weight excluding hydrogens is 368 g/mol. The Kier molecular flexibility index (Phi) is 4.36. The van der Waals surface area contributed by atoms with Gasteiger partial charge in [0.25, 0.3) is 5.91 Å². The number of nitrogens with zero attached hydrogens (tertiary/aromatic N) is 3. The lowest BCUT2D eigenvalue weighted by molar-refractivity contribution is 0.103. The summed E-state index contributed by atoms with van der Waals surface area (Å²) >= 11 is 7.51. The van der Waals surface area contributed by atoms with Crippen LogP contribution in [-0.2, 0) is 0 Å². The molecule has 26 heavy (non-hydrogen) atoms. The van der Waals surface area contributed by atoms with E-state index in [2.05, 4.69) is 20.3 Å². The van der Waals surface area contributed by atoms with E-state index in [1.165, 1.54) is 11.3 Å². The predicted octanol–water partition coefficient (Wildman–Crippen LogP) is 4.97. The minimum absolute atomic E-state index is 0.213. The van der Waals surface area contributed by atoms with Crippen molar-refractivity contribution in [1.82, 2.24) is 15.0 Å². The number of carbonyl (C=O) groups is 1. The third-order valence-electron chi connectivity index (χ3n) is 3.86. The minimum atomic E-state index is -0.213. The van der Waals surface area contributed by atoms with Gasteiger partial charge < -0.3 is 5.32 Å². The van der Waals surface area contributed by atoms with Crippen LogP contribution in [0.15, 0.2) is 54.9 Å². The van der Waals surface area contributed by atoms with Crippen LogP contribution in [0.3, 0.4) is 0 Å². The molecule has 0 unspecified atom stereocenters. The van der Waals surface area contributed by atoms with E-state index >= 15 is 0 Å². The number of hydrogen-bond donors (Lipinski definition) is 1. The highest BCUT2D eigenvalue weighted by Crippen LogP contribution is 2.30. The number of rotatable bonds is 3. The molecule has 0 radical (unpaired) electrons. The number of halogens is 1. The van der Waals surface area contributed by atoms with Gasteiger partial charge in [0.2, 0.25) is 0 Å². The molecule has 0 bridgehead atoms. The monoisotopic (exact) mass is 380 g/mol. The van der Waals surface area contributed by atoms with Crippen molar-refractivity contribution in [1.29, 1.82) is 0 Å². The second kappa shape index (κ2) is 6.82. The maximum atomic E-state index is 12.8. The largest absolute Gasteiger partial charge is 0.321 e. The molecule has 0 aliphatic rings. The summed E-state index contributed by atoms with van der Waals surface area (Å²) in [5, 5.41) is 5.00. The second-order valence-electron chi connectivity index (χ2n) is 5.60. The van der Waals surface area contributed by atoms with Crippen LogP contribution in [0.4, 0.5) is 5.69 Å². The summed E-state index contributed by atoms with van der Waals surface area (Å²) in [6.45, 7) is 1.82. The Labute approximate surface area is 158 Å². The van der Waals surface area contributed by atoms with Crippen LogP contribution < -0.4 is 5.32 Å². The van der Waals surface area contributed by atoms with Gasteiger partial charge in [0.1, 0.15) is 9.88 Å². The first-order valence-electron chi connectivity index (χ1n) is 7.87. The van der Waals surface area contributed by atoms with Gasteiger partial charge in [-0.1, -0.05) is 17.7 Å². The maximum absolute atomic E-state index is 12.8. The van der Waals surface area contributed by atoms with Crippen LogP contribution in [0.2, 0.25) is 5.02 Å². The summed E-state index contributed by atoms with van der Waals surface area (Å²) in [6.07, 6.45) is 3.38. The Morgan fingerprint density at radius 2 is 1.92 bits per heavy atom. The number of nitrogens with one attached hydrogen (secondary N) is 1. The van der Waals surface area contributed by atoms with Crippen molar-refractivity contribution in [2.45, 2.75) is 6.92 Å². The number of pyridine rings is 2. The number of carbonyl (C=O) groups excluding carboxylic acids is 1. The molecule has 3 aromatic heterocycles. The number of aromatic nitrogens is 3. The van der Waals surface area contributed by atoms with Gasteiger partial charge >= 0.3 is 0 Å². The van der Waals surface area contributed by atoms with E-state index in [1.54, 1.807) is 24.5 Å². The van der Waals surface area contributed by atoms with Crippen LogP contribution >= 0.6 is 22.9 Å². The Bertz CT molecular complexity index is 1110. The maximum Gasteiger partial charge on any atom is 0.267 e. The van der Waals surface area contributed by atoms with E-state index in [0.717, 1.165) is 16.1 Å². The fourth-order valence-electron chi connectivity index (χ4n) is 2.63. The van der Waals surface area contributed by atoms with Crippen molar-refractivity contribution in [2.24, 2.45) is 0 Å². The molecule has 0 fully saturated rings. The zero-order valence-electron chi connectivity index (χ0n) is 13.7. The predicted molar refractivity (Wildman–Crippen MR) is 105 cm³/mol. The lowest BCUT2D eigenvalue weighted by atomic mass is 10.2. The van der Waals surface area contributed by atoms with Crippen molar-refractivity contribution >= 4 is 45.4 Å². The van der Waals surface area contributed by atoms with Gasteiger partial charge in [-0.2, -0.15) is 0 Å². The summed E-state index contributed by atoms with van der Waals surface area (Å²) in [5.41, 5.74) is 2.74. The number of anilines is 1. The smallest absolute Gasteiger partial charge is 0.267 e. The third kappa shape index (κ3) is 3.05. The number of thiazole rings is 1. The normalized spacial score (nSPS) is 10.8. The van der Waals surface area contributed by atoms with E-state index in [0.29, 0.717) is 26.8 Å². The molecule has 1 amide bonds. The highest BCUT2D eigenvalue weighted by molar-refractivity contribution is 7.17. The minimum Gasteiger partial charge on any atom is -0.321 e. The van der Waals surface area contributed by atoms with Crippen molar-refractivity contribution in [3.8, 4) is 10.7 Å². The molecule has 0 atom stereocenters. The zero-order valence-corrected chi connectivity index (χ0v) is 15.3. The number of aryl methyl sites for hydroxylation is 1. The quantitative estimate of drug-likeness (QED) is 0.545. The number of fused-ring (bicyclic) bond motifs is 1. The van der Waals surface area contributed by atoms with E-state index in [9.17, 15) is 4.79 Å². The summed E-state index contributed by atoms with van der Waals surface area (Å²) in [5.74, 6) is -0.213. The number of benzene rings is 1. The summed E-state index contributed by atoms with van der Waals surface area (Å²) in [6, 6.07) is 12.8.